The van der Waals surface area contributed by atoms with Gasteiger partial charge in [-0.15, -0.1) is 0 Å². The number of aromatic amines is 1. The Kier molecular flexibility index (Phi) is 6.14. The second kappa shape index (κ2) is 9.15. The van der Waals surface area contributed by atoms with Crippen LogP contribution < -0.4 is 0 Å². The molecule has 0 bridgehead atoms. The van der Waals surface area contributed by atoms with E-state index in [4.69, 9.17) is 4.98 Å². The molecule has 7 nitrogen and oxygen atoms in total. The van der Waals surface area contributed by atoms with Crippen LogP contribution in [0.3, 0.4) is 0 Å². The van der Waals surface area contributed by atoms with Crippen molar-refractivity contribution in [2.45, 2.75) is 39.3 Å². The summed E-state index contributed by atoms with van der Waals surface area (Å²) in [6.45, 7) is 7.86. The van der Waals surface area contributed by atoms with Gasteiger partial charge in [0, 0.05) is 49.6 Å². The third-order valence-electron chi connectivity index (χ3n) is 6.84. The van der Waals surface area contributed by atoms with Gasteiger partial charge in [-0.25, -0.2) is 9.97 Å². The van der Waals surface area contributed by atoms with Crippen LogP contribution in [-0.2, 0) is 13.0 Å². The fourth-order valence-electron chi connectivity index (χ4n) is 5.12. The number of rotatable bonds is 5. The second-order valence-electron chi connectivity index (χ2n) is 10.6. The molecule has 0 atom stereocenters. The third kappa shape index (κ3) is 4.76. The molecule has 0 fully saturated rings. The number of nitrogens with one attached hydrogen (secondary N) is 1. The highest BCUT2D eigenvalue weighted by Gasteiger charge is 2.21. The SMILES string of the molecule is Cc1cc(-c2cnc3[nH]cc(-c4ccc(C(=O)N(C)CC(C)(C)O)cc4)c3n2)cc2c1CCN(C)C2. The quantitative estimate of drug-likeness (QED) is 0.439. The highest BCUT2D eigenvalue weighted by molar-refractivity contribution is 5.96. The monoisotopic (exact) mass is 483 g/mol. The number of carbonyl (C=O) groups is 1. The maximum atomic E-state index is 12.8. The van der Waals surface area contributed by atoms with Gasteiger partial charge in [-0.3, -0.25) is 4.79 Å². The Hall–Kier alpha value is -3.55. The lowest BCUT2D eigenvalue weighted by atomic mass is 9.92. The Morgan fingerprint density at radius 3 is 2.67 bits per heavy atom. The van der Waals surface area contributed by atoms with Crippen molar-refractivity contribution >= 4 is 17.1 Å². The van der Waals surface area contributed by atoms with E-state index in [1.165, 1.54) is 21.6 Å². The van der Waals surface area contributed by atoms with Crippen LogP contribution in [0.25, 0.3) is 33.5 Å². The molecule has 0 saturated carbocycles. The predicted molar refractivity (Wildman–Crippen MR) is 143 cm³/mol. The summed E-state index contributed by atoms with van der Waals surface area (Å²) < 4.78 is 0. The molecule has 7 heteroatoms. The van der Waals surface area contributed by atoms with E-state index in [9.17, 15) is 9.90 Å². The van der Waals surface area contributed by atoms with Crippen molar-refractivity contribution < 1.29 is 9.90 Å². The maximum absolute atomic E-state index is 12.8. The third-order valence-corrected chi connectivity index (χ3v) is 6.84. The van der Waals surface area contributed by atoms with Crippen molar-refractivity contribution in [2.24, 2.45) is 0 Å². The van der Waals surface area contributed by atoms with Gasteiger partial charge in [0.25, 0.3) is 5.91 Å². The van der Waals surface area contributed by atoms with E-state index >= 15 is 0 Å². The molecule has 1 aliphatic rings. The van der Waals surface area contributed by atoms with Crippen LogP contribution in [-0.4, -0.2) is 68.6 Å². The molecule has 1 amide bonds. The van der Waals surface area contributed by atoms with Crippen LogP contribution in [0.2, 0.25) is 0 Å². The standard InChI is InChI=1S/C29H33N5O2/c1-18-12-21(13-22-16-33(4)11-10-23(18)22)25-15-31-27-26(32-25)24(14-30-27)19-6-8-20(9-7-19)28(35)34(5)17-29(2,3)36/h6-9,12-15,36H,10-11,16-17H2,1-5H3,(H,30,31). The van der Waals surface area contributed by atoms with Gasteiger partial charge in [0.2, 0.25) is 0 Å². The normalized spacial score (nSPS) is 14.2. The summed E-state index contributed by atoms with van der Waals surface area (Å²) in [5.41, 5.74) is 9.12. The first-order valence-electron chi connectivity index (χ1n) is 12.3. The molecule has 36 heavy (non-hydrogen) atoms. The average Bonchev–Trinajstić information content (AvgIpc) is 3.25. The van der Waals surface area contributed by atoms with Gasteiger partial charge < -0.3 is 19.9 Å². The van der Waals surface area contributed by atoms with Gasteiger partial charge in [0.05, 0.1) is 17.5 Å². The van der Waals surface area contributed by atoms with Crippen LogP contribution in [0.5, 0.6) is 0 Å². The largest absolute Gasteiger partial charge is 0.389 e. The molecule has 2 aromatic carbocycles. The van der Waals surface area contributed by atoms with Crippen molar-refractivity contribution in [3.63, 3.8) is 0 Å². The van der Waals surface area contributed by atoms with Gasteiger partial charge >= 0.3 is 0 Å². The molecular weight excluding hydrogens is 450 g/mol. The lowest BCUT2D eigenvalue weighted by Gasteiger charge is -2.27. The molecular formula is C29H33N5O2. The molecule has 2 aromatic heterocycles. The van der Waals surface area contributed by atoms with Gasteiger partial charge in [0.1, 0.15) is 5.52 Å². The van der Waals surface area contributed by atoms with E-state index in [1.54, 1.807) is 20.9 Å². The van der Waals surface area contributed by atoms with Crippen molar-refractivity contribution in [3.8, 4) is 22.4 Å². The number of hydrogen-bond donors (Lipinski definition) is 2. The van der Waals surface area contributed by atoms with Crippen molar-refractivity contribution in [3.05, 3.63) is 71.0 Å². The number of carbonyl (C=O) groups excluding carboxylic acids is 1. The Labute approximate surface area is 211 Å². The summed E-state index contributed by atoms with van der Waals surface area (Å²) in [5, 5.41) is 10.0. The summed E-state index contributed by atoms with van der Waals surface area (Å²) in [5.74, 6) is -0.127. The van der Waals surface area contributed by atoms with E-state index in [1.807, 2.05) is 36.7 Å². The van der Waals surface area contributed by atoms with Gasteiger partial charge in [-0.2, -0.15) is 0 Å². The number of aromatic nitrogens is 3. The van der Waals surface area contributed by atoms with Crippen LogP contribution in [0.4, 0.5) is 0 Å². The Morgan fingerprint density at radius 2 is 1.94 bits per heavy atom. The Morgan fingerprint density at radius 1 is 1.19 bits per heavy atom. The van der Waals surface area contributed by atoms with Crippen molar-refractivity contribution in [1.29, 1.82) is 0 Å². The summed E-state index contributed by atoms with van der Waals surface area (Å²) in [7, 11) is 3.86. The minimum atomic E-state index is -0.947. The first kappa shape index (κ1) is 24.2. The lowest BCUT2D eigenvalue weighted by molar-refractivity contribution is 0.0368. The fraction of sp³-hybridized carbons (Fsp3) is 0.345. The minimum Gasteiger partial charge on any atom is -0.389 e. The number of likely N-dealkylation sites (N-methyl/N-ethyl adjacent to an activating group) is 2. The van der Waals surface area contributed by atoms with Gasteiger partial charge in [0.15, 0.2) is 5.65 Å². The second-order valence-corrected chi connectivity index (χ2v) is 10.6. The smallest absolute Gasteiger partial charge is 0.253 e. The topological polar surface area (TPSA) is 85.3 Å². The Balaban J connectivity index is 1.46. The molecule has 5 rings (SSSR count). The van der Waals surface area contributed by atoms with Crippen molar-refractivity contribution in [1.82, 2.24) is 24.8 Å². The van der Waals surface area contributed by atoms with Crippen LogP contribution in [0.1, 0.15) is 40.9 Å². The molecule has 0 radical (unpaired) electrons. The van der Waals surface area contributed by atoms with Gasteiger partial charge in [-0.05, 0) is 80.8 Å². The highest BCUT2D eigenvalue weighted by Crippen LogP contribution is 2.31. The fourth-order valence-corrected chi connectivity index (χ4v) is 5.12. The van der Waals surface area contributed by atoms with Crippen LogP contribution >= 0.6 is 0 Å². The lowest BCUT2D eigenvalue weighted by Crippen LogP contribution is -2.39. The number of benzene rings is 2. The summed E-state index contributed by atoms with van der Waals surface area (Å²) >= 11 is 0. The zero-order valence-electron chi connectivity index (χ0n) is 21.6. The molecule has 1 aliphatic heterocycles. The Bertz CT molecular complexity index is 1430. The minimum absolute atomic E-state index is 0.127. The first-order chi connectivity index (χ1) is 17.1. The molecule has 0 spiro atoms. The van der Waals surface area contributed by atoms with E-state index in [0.29, 0.717) is 5.56 Å². The molecule has 3 heterocycles. The van der Waals surface area contributed by atoms with E-state index in [0.717, 1.165) is 53.1 Å². The molecule has 186 valence electrons. The number of hydrogen-bond acceptors (Lipinski definition) is 5. The van der Waals surface area contributed by atoms with E-state index < -0.39 is 5.60 Å². The van der Waals surface area contributed by atoms with E-state index in [2.05, 4.69) is 41.0 Å². The van der Waals surface area contributed by atoms with Gasteiger partial charge in [-0.1, -0.05) is 12.1 Å². The zero-order chi connectivity index (χ0) is 25.6. The van der Waals surface area contributed by atoms with Crippen molar-refractivity contribution in [2.75, 3.05) is 27.2 Å². The van der Waals surface area contributed by atoms with Crippen LogP contribution in [0, 0.1) is 6.92 Å². The number of fused-ring (bicyclic) bond motifs is 2. The molecule has 4 aromatic rings. The highest BCUT2D eigenvalue weighted by atomic mass is 16.3. The summed E-state index contributed by atoms with van der Waals surface area (Å²) in [6, 6.07) is 12.0. The van der Waals surface area contributed by atoms with E-state index in [-0.39, 0.29) is 12.5 Å². The number of amides is 1. The summed E-state index contributed by atoms with van der Waals surface area (Å²) in [4.78, 5) is 29.5. The molecule has 0 aliphatic carbocycles. The first-order valence-corrected chi connectivity index (χ1v) is 12.3. The molecule has 0 saturated heterocycles. The molecule has 0 unspecified atom stereocenters. The maximum Gasteiger partial charge on any atom is 0.253 e. The average molecular weight is 484 g/mol. The van der Waals surface area contributed by atoms with Crippen LogP contribution in [0.15, 0.2) is 48.8 Å². The number of nitrogens with zero attached hydrogens (tertiary/aromatic N) is 4. The molecule has 2 N–H and O–H groups in total. The predicted octanol–water partition coefficient (Wildman–Crippen LogP) is 4.43. The number of aryl methyl sites for hydroxylation is 1. The number of aliphatic hydroxyl groups is 1. The zero-order valence-corrected chi connectivity index (χ0v) is 21.6. The summed E-state index contributed by atoms with van der Waals surface area (Å²) in [6.07, 6.45) is 4.83. The number of H-pyrrole nitrogens is 1.